The highest BCUT2D eigenvalue weighted by Crippen LogP contribution is 2.67. The highest BCUT2D eigenvalue weighted by Gasteiger charge is 2.78. The predicted molar refractivity (Wildman–Crippen MR) is 169 cm³/mol. The molecule has 8 heteroatoms. The van der Waals surface area contributed by atoms with Crippen LogP contribution in [0.15, 0.2) is 95.1 Å². The number of carbonyl (C=O) groups excluding carboxylic acids is 2. The van der Waals surface area contributed by atoms with Crippen LogP contribution < -0.4 is 10.1 Å². The van der Waals surface area contributed by atoms with Crippen molar-refractivity contribution in [2.75, 3.05) is 26.0 Å². The van der Waals surface area contributed by atoms with Crippen LogP contribution in [-0.2, 0) is 15.1 Å². The van der Waals surface area contributed by atoms with Gasteiger partial charge >= 0.3 is 0 Å². The monoisotopic (exact) mass is 590 g/mol. The second-order valence-corrected chi connectivity index (χ2v) is 13.4. The Bertz CT molecular complexity index is 1700. The Morgan fingerprint density at radius 3 is 2.44 bits per heavy atom. The molecule has 3 aromatic rings. The van der Waals surface area contributed by atoms with Crippen molar-refractivity contribution in [1.82, 2.24) is 9.80 Å². The number of para-hydroxylation sites is 1. The van der Waals surface area contributed by atoms with Crippen LogP contribution in [0.1, 0.15) is 60.8 Å². The first-order valence-electron chi connectivity index (χ1n) is 15.1. The van der Waals surface area contributed by atoms with Crippen LogP contribution in [0.25, 0.3) is 0 Å². The smallest absolute Gasteiger partial charge is 0.251 e. The molecule has 4 atom stereocenters. The maximum absolute atomic E-state index is 15.6. The molecule has 1 aliphatic carbocycles. The van der Waals surface area contributed by atoms with Crippen LogP contribution in [0, 0.1) is 0 Å². The van der Waals surface area contributed by atoms with Crippen molar-refractivity contribution in [2.24, 2.45) is 4.99 Å². The molecule has 8 rings (SSSR count). The molecule has 0 bridgehead atoms. The number of amidine groups is 1. The first-order valence-corrected chi connectivity index (χ1v) is 16.0. The van der Waals surface area contributed by atoms with Crippen LogP contribution in [-0.4, -0.2) is 52.2 Å². The van der Waals surface area contributed by atoms with E-state index in [0.29, 0.717) is 11.7 Å². The van der Waals surface area contributed by atoms with Gasteiger partial charge in [-0.05, 0) is 67.6 Å². The number of methoxy groups -OCH3 is 1. The summed E-state index contributed by atoms with van der Waals surface area (Å²) in [5.41, 5.74) is 4.87. The number of fused-ring (bicyclic) bond motifs is 4. The topological polar surface area (TPSA) is 74.2 Å². The van der Waals surface area contributed by atoms with Gasteiger partial charge < -0.3 is 10.1 Å². The molecule has 2 spiro atoms. The fourth-order valence-corrected chi connectivity index (χ4v) is 10.0. The van der Waals surface area contributed by atoms with Gasteiger partial charge in [0.1, 0.15) is 10.5 Å². The second-order valence-electron chi connectivity index (χ2n) is 12.2. The number of carbonyl (C=O) groups is 2. The highest BCUT2D eigenvalue weighted by molar-refractivity contribution is 8.16. The number of ether oxygens (including phenoxy) is 1. The highest BCUT2D eigenvalue weighted by atomic mass is 32.2. The van der Waals surface area contributed by atoms with Gasteiger partial charge in [-0.15, -0.1) is 0 Å². The van der Waals surface area contributed by atoms with E-state index in [2.05, 4.69) is 22.3 Å². The molecule has 1 N–H and O–H groups in total. The molecule has 3 aromatic carbocycles. The zero-order valence-corrected chi connectivity index (χ0v) is 25.2. The minimum atomic E-state index is -1.21. The number of likely N-dealkylation sites (N-methyl/N-ethyl adjacent to an activating group) is 1. The van der Waals surface area contributed by atoms with E-state index >= 15 is 4.79 Å². The number of anilines is 1. The van der Waals surface area contributed by atoms with Gasteiger partial charge in [0.25, 0.3) is 5.91 Å². The summed E-state index contributed by atoms with van der Waals surface area (Å²) in [6.07, 6.45) is 5.17. The normalized spacial score (nSPS) is 29.8. The summed E-state index contributed by atoms with van der Waals surface area (Å²) in [6, 6.07) is 26.0. The van der Waals surface area contributed by atoms with Gasteiger partial charge in [0, 0.05) is 29.4 Å². The van der Waals surface area contributed by atoms with Crippen molar-refractivity contribution < 1.29 is 14.3 Å². The summed E-state index contributed by atoms with van der Waals surface area (Å²) >= 11 is 1.51. The molecule has 43 heavy (non-hydrogen) atoms. The third kappa shape index (κ3) is 3.50. The number of likely N-dealkylation sites (tertiary alicyclic amines) is 1. The SMILES string of the molecule is COc1ccc(C2CN(C)C3(C(=O)Nc4ccccc43)C23SC2=NC4=C(CCCCC4)C(c4ccccc4)N2C3=O)cc1. The third-order valence-corrected chi connectivity index (χ3v) is 11.7. The number of hydrogen-bond acceptors (Lipinski definition) is 6. The molecule has 0 aromatic heterocycles. The van der Waals surface area contributed by atoms with E-state index in [1.54, 1.807) is 7.11 Å². The first kappa shape index (κ1) is 26.7. The fraction of sp³-hybridized carbons (Fsp3) is 0.343. The number of rotatable bonds is 3. The Labute approximate surface area is 256 Å². The lowest BCUT2D eigenvalue weighted by atomic mass is 9.71. The van der Waals surface area contributed by atoms with Crippen LogP contribution in [0.2, 0.25) is 0 Å². The van der Waals surface area contributed by atoms with E-state index in [0.717, 1.165) is 65.9 Å². The maximum atomic E-state index is 15.6. The largest absolute Gasteiger partial charge is 0.497 e. The molecule has 4 aliphatic heterocycles. The molecular weight excluding hydrogens is 556 g/mol. The number of amides is 2. The molecule has 0 saturated carbocycles. The molecule has 7 nitrogen and oxygen atoms in total. The predicted octanol–water partition coefficient (Wildman–Crippen LogP) is 6.22. The summed E-state index contributed by atoms with van der Waals surface area (Å²) in [4.78, 5) is 39.5. The summed E-state index contributed by atoms with van der Waals surface area (Å²) < 4.78 is 4.30. The van der Waals surface area contributed by atoms with Crippen LogP contribution in [0.5, 0.6) is 5.75 Å². The van der Waals surface area contributed by atoms with Crippen molar-refractivity contribution in [2.45, 2.75) is 54.3 Å². The Morgan fingerprint density at radius 2 is 1.65 bits per heavy atom. The summed E-state index contributed by atoms with van der Waals surface area (Å²) in [5.74, 6) is 0.284. The minimum Gasteiger partial charge on any atom is -0.497 e. The van der Waals surface area contributed by atoms with Crippen LogP contribution >= 0.6 is 11.8 Å². The zero-order chi connectivity index (χ0) is 29.3. The molecule has 4 heterocycles. The Hall–Kier alpha value is -3.88. The average molecular weight is 591 g/mol. The lowest BCUT2D eigenvalue weighted by Gasteiger charge is -2.42. The van der Waals surface area contributed by atoms with Gasteiger partial charge in [0.05, 0.1) is 13.2 Å². The lowest BCUT2D eigenvalue weighted by molar-refractivity contribution is -0.139. The fourth-order valence-electron chi connectivity index (χ4n) is 8.27. The molecule has 4 unspecified atom stereocenters. The van der Waals surface area contributed by atoms with Gasteiger partial charge in [-0.3, -0.25) is 19.4 Å². The molecule has 0 radical (unpaired) electrons. The molecule has 2 saturated heterocycles. The molecular formula is C35H34N4O3S. The zero-order valence-electron chi connectivity index (χ0n) is 24.4. The van der Waals surface area contributed by atoms with E-state index in [9.17, 15) is 4.79 Å². The number of nitrogens with zero attached hydrogens (tertiary/aromatic N) is 3. The quantitative estimate of drug-likeness (QED) is 0.392. The van der Waals surface area contributed by atoms with Gasteiger partial charge in [-0.25, -0.2) is 4.99 Å². The standard InChI is InChI=1S/C35H34N4O3S/c1-38-21-27(22-17-19-24(42-2)20-18-22)35(34(38)26-14-9-10-16-29(26)36-31(34)40)32(41)39-30(23-11-5-3-6-12-23)25-13-7-4-8-15-28(25)37-33(39)43-35/h3,5-6,9-12,14,16-20,27,30H,4,7-8,13,15,21H2,1-2H3,(H,36,40). The van der Waals surface area contributed by atoms with Gasteiger partial charge in [-0.1, -0.05) is 78.8 Å². The van der Waals surface area contributed by atoms with Crippen molar-refractivity contribution in [3.8, 4) is 5.75 Å². The molecule has 5 aliphatic rings. The Balaban J connectivity index is 1.38. The number of nitrogens with one attached hydrogen (secondary N) is 1. The van der Waals surface area contributed by atoms with Crippen molar-refractivity contribution >= 4 is 34.4 Å². The molecule has 2 amide bonds. The second kappa shape index (κ2) is 9.82. The number of allylic oxidation sites excluding steroid dienone is 1. The number of benzene rings is 3. The van der Waals surface area contributed by atoms with Crippen LogP contribution in [0.4, 0.5) is 5.69 Å². The summed E-state index contributed by atoms with van der Waals surface area (Å²) in [7, 11) is 3.64. The number of aliphatic imine (C=N–C) groups is 1. The summed E-state index contributed by atoms with van der Waals surface area (Å²) in [5, 5.41) is 3.88. The number of thioether (sulfide) groups is 1. The van der Waals surface area contributed by atoms with E-state index in [4.69, 9.17) is 9.73 Å². The van der Waals surface area contributed by atoms with Crippen molar-refractivity contribution in [3.05, 3.63) is 107 Å². The van der Waals surface area contributed by atoms with Gasteiger partial charge in [-0.2, -0.15) is 0 Å². The van der Waals surface area contributed by atoms with Crippen molar-refractivity contribution in [1.29, 1.82) is 0 Å². The van der Waals surface area contributed by atoms with Gasteiger partial charge in [0.2, 0.25) is 5.91 Å². The maximum Gasteiger partial charge on any atom is 0.251 e. The average Bonchev–Trinajstić information content (AvgIpc) is 3.50. The summed E-state index contributed by atoms with van der Waals surface area (Å²) in [6.45, 7) is 0.539. The first-order chi connectivity index (χ1) is 21.0. The molecule has 218 valence electrons. The van der Waals surface area contributed by atoms with E-state index in [-0.39, 0.29) is 23.8 Å². The molecule has 2 fully saturated rings. The van der Waals surface area contributed by atoms with Crippen LogP contribution in [0.3, 0.4) is 0 Å². The van der Waals surface area contributed by atoms with Gasteiger partial charge in [0.15, 0.2) is 10.7 Å². The van der Waals surface area contributed by atoms with E-state index in [1.807, 2.05) is 78.7 Å². The van der Waals surface area contributed by atoms with E-state index < -0.39 is 10.3 Å². The number of hydrogen-bond donors (Lipinski definition) is 1. The Morgan fingerprint density at radius 1 is 0.907 bits per heavy atom. The third-order valence-electron chi connectivity index (χ3n) is 10.1. The minimum absolute atomic E-state index is 0.0436. The lowest BCUT2D eigenvalue weighted by Crippen LogP contribution is -2.62. The Kier molecular flexibility index (Phi) is 6.11. The van der Waals surface area contributed by atoms with Crippen molar-refractivity contribution in [3.63, 3.8) is 0 Å². The van der Waals surface area contributed by atoms with E-state index in [1.165, 1.54) is 17.3 Å².